The van der Waals surface area contributed by atoms with E-state index in [0.29, 0.717) is 31.9 Å². The molecule has 0 atom stereocenters. The first-order valence-electron chi connectivity index (χ1n) is 10.0. The van der Waals surface area contributed by atoms with E-state index in [4.69, 9.17) is 4.52 Å². The number of phenolic OH excluding ortho intramolecular Hbond substituents is 1. The minimum atomic E-state index is 0.0498. The fourth-order valence-electron chi connectivity index (χ4n) is 3.68. The molecule has 3 aromatic rings. The largest absolute Gasteiger partial charge is 0.506 e. The van der Waals surface area contributed by atoms with Crippen LogP contribution in [0.1, 0.15) is 27.4 Å². The second-order valence-electron chi connectivity index (χ2n) is 7.36. The van der Waals surface area contributed by atoms with Gasteiger partial charge in [-0.1, -0.05) is 29.4 Å². The molecule has 0 unspecified atom stereocenters. The van der Waals surface area contributed by atoms with Crippen molar-refractivity contribution in [1.82, 2.24) is 10.1 Å². The van der Waals surface area contributed by atoms with Gasteiger partial charge in [0.25, 0.3) is 5.91 Å². The molecule has 1 aliphatic heterocycles. The first-order chi connectivity index (χ1) is 14.5. The summed E-state index contributed by atoms with van der Waals surface area (Å²) in [6.07, 6.45) is 0. The average molecular weight is 424 g/mol. The Balaban J connectivity index is 1.44. The van der Waals surface area contributed by atoms with E-state index >= 15 is 0 Å². The molecule has 1 fully saturated rings. The third-order valence-corrected chi connectivity index (χ3v) is 6.56. The summed E-state index contributed by atoms with van der Waals surface area (Å²) in [5.74, 6) is 1.86. The van der Waals surface area contributed by atoms with Crippen LogP contribution in [0, 0.1) is 13.8 Å². The Hall–Kier alpha value is -2.93. The summed E-state index contributed by atoms with van der Waals surface area (Å²) >= 11 is 1.63. The number of amides is 1. The van der Waals surface area contributed by atoms with Crippen molar-refractivity contribution in [2.45, 2.75) is 24.5 Å². The molecule has 1 saturated heterocycles. The molecule has 2 heterocycles. The lowest BCUT2D eigenvalue weighted by atomic mass is 10.1. The van der Waals surface area contributed by atoms with E-state index in [9.17, 15) is 9.90 Å². The molecule has 1 N–H and O–H groups in total. The number of aryl methyl sites for hydroxylation is 2. The van der Waals surface area contributed by atoms with E-state index in [1.54, 1.807) is 17.8 Å². The lowest BCUT2D eigenvalue weighted by molar-refractivity contribution is 0.0743. The minimum absolute atomic E-state index is 0.0498. The number of thioether (sulfide) groups is 1. The maximum Gasteiger partial charge on any atom is 0.255 e. The van der Waals surface area contributed by atoms with Crippen molar-refractivity contribution in [3.8, 4) is 5.75 Å². The third kappa shape index (κ3) is 4.16. The Kier molecular flexibility index (Phi) is 5.99. The molecule has 2 aromatic carbocycles. The van der Waals surface area contributed by atoms with Gasteiger partial charge >= 0.3 is 0 Å². The number of aromatic hydroxyl groups is 1. The lowest BCUT2D eigenvalue weighted by Gasteiger charge is -2.36. The minimum Gasteiger partial charge on any atom is -0.506 e. The molecule has 6 nitrogen and oxygen atoms in total. The highest BCUT2D eigenvalue weighted by Crippen LogP contribution is 2.31. The summed E-state index contributed by atoms with van der Waals surface area (Å²) in [5.41, 5.74) is 3.52. The number of para-hydroxylation sites is 2. The normalized spacial score (nSPS) is 14.2. The Morgan fingerprint density at radius 3 is 2.47 bits per heavy atom. The molecule has 0 spiro atoms. The number of phenols is 1. The van der Waals surface area contributed by atoms with E-state index in [2.05, 4.69) is 10.1 Å². The first-order valence-corrected chi connectivity index (χ1v) is 11.0. The van der Waals surface area contributed by atoms with Gasteiger partial charge in [0.15, 0.2) is 0 Å². The van der Waals surface area contributed by atoms with Gasteiger partial charge in [-0.05, 0) is 38.1 Å². The molecule has 7 heteroatoms. The Morgan fingerprint density at radius 2 is 1.77 bits per heavy atom. The molecule has 0 radical (unpaired) electrons. The molecular formula is C23H25N3O3S. The van der Waals surface area contributed by atoms with Crippen LogP contribution in [-0.4, -0.2) is 47.2 Å². The van der Waals surface area contributed by atoms with Crippen LogP contribution in [0.15, 0.2) is 57.9 Å². The fourth-order valence-corrected chi connectivity index (χ4v) is 4.88. The molecule has 4 rings (SSSR count). The monoisotopic (exact) mass is 423 g/mol. The summed E-state index contributed by atoms with van der Waals surface area (Å²) < 4.78 is 5.25. The van der Waals surface area contributed by atoms with Gasteiger partial charge in [0.1, 0.15) is 11.5 Å². The van der Waals surface area contributed by atoms with Gasteiger partial charge < -0.3 is 19.4 Å². The standard InChI is InChI=1S/C23H25N3O3S/c1-16-19(17(2)29-24-16)15-30-22-10-6-3-7-18(22)23(28)26-13-11-25(12-14-26)20-8-4-5-9-21(20)27/h3-10,27H,11-15H2,1-2H3. The van der Waals surface area contributed by atoms with E-state index < -0.39 is 0 Å². The zero-order valence-corrected chi connectivity index (χ0v) is 18.0. The maximum atomic E-state index is 13.2. The van der Waals surface area contributed by atoms with Crippen LogP contribution in [0.25, 0.3) is 0 Å². The summed E-state index contributed by atoms with van der Waals surface area (Å²) in [6.45, 7) is 6.48. The van der Waals surface area contributed by atoms with Crippen LogP contribution in [0.3, 0.4) is 0 Å². The molecule has 0 bridgehead atoms. The molecule has 0 aliphatic carbocycles. The second-order valence-corrected chi connectivity index (χ2v) is 8.37. The van der Waals surface area contributed by atoms with Crippen molar-refractivity contribution in [3.63, 3.8) is 0 Å². The summed E-state index contributed by atoms with van der Waals surface area (Å²) in [5, 5.41) is 14.1. The zero-order chi connectivity index (χ0) is 21.1. The Bertz CT molecular complexity index is 1020. The molecule has 156 valence electrons. The Labute approximate surface area is 180 Å². The maximum absolute atomic E-state index is 13.2. The number of piperazine rings is 1. The smallest absolute Gasteiger partial charge is 0.255 e. The van der Waals surface area contributed by atoms with Crippen molar-refractivity contribution in [1.29, 1.82) is 0 Å². The summed E-state index contributed by atoms with van der Waals surface area (Å²) in [6, 6.07) is 15.1. The molecule has 1 aliphatic rings. The van der Waals surface area contributed by atoms with Gasteiger partial charge in [-0.3, -0.25) is 4.79 Å². The molecule has 0 saturated carbocycles. The van der Waals surface area contributed by atoms with Gasteiger partial charge in [-0.15, -0.1) is 11.8 Å². The van der Waals surface area contributed by atoms with Crippen LogP contribution >= 0.6 is 11.8 Å². The SMILES string of the molecule is Cc1noc(C)c1CSc1ccccc1C(=O)N1CCN(c2ccccc2O)CC1. The number of anilines is 1. The predicted molar refractivity (Wildman–Crippen MR) is 118 cm³/mol. The topological polar surface area (TPSA) is 69.8 Å². The predicted octanol–water partition coefficient (Wildman–Crippen LogP) is 4.25. The van der Waals surface area contributed by atoms with Crippen molar-refractivity contribution in [2.75, 3.05) is 31.1 Å². The van der Waals surface area contributed by atoms with Crippen LogP contribution in [0.2, 0.25) is 0 Å². The zero-order valence-electron chi connectivity index (χ0n) is 17.2. The van der Waals surface area contributed by atoms with Crippen LogP contribution < -0.4 is 4.90 Å². The van der Waals surface area contributed by atoms with Crippen LogP contribution in [0.4, 0.5) is 5.69 Å². The number of carbonyl (C=O) groups is 1. The van der Waals surface area contributed by atoms with Crippen molar-refractivity contribution in [3.05, 3.63) is 71.1 Å². The van der Waals surface area contributed by atoms with Gasteiger partial charge in [0.2, 0.25) is 0 Å². The number of aromatic nitrogens is 1. The van der Waals surface area contributed by atoms with Gasteiger partial charge in [0, 0.05) is 42.4 Å². The number of benzene rings is 2. The third-order valence-electron chi connectivity index (χ3n) is 5.46. The molecular weight excluding hydrogens is 398 g/mol. The first kappa shape index (κ1) is 20.3. The number of hydrogen-bond donors (Lipinski definition) is 1. The second kappa shape index (κ2) is 8.83. The van der Waals surface area contributed by atoms with Gasteiger partial charge in [0.05, 0.1) is 16.9 Å². The average Bonchev–Trinajstić information content (AvgIpc) is 3.10. The molecule has 30 heavy (non-hydrogen) atoms. The highest BCUT2D eigenvalue weighted by molar-refractivity contribution is 7.98. The van der Waals surface area contributed by atoms with E-state index in [0.717, 1.165) is 33.2 Å². The highest BCUT2D eigenvalue weighted by atomic mass is 32.2. The van der Waals surface area contributed by atoms with Crippen molar-refractivity contribution < 1.29 is 14.4 Å². The van der Waals surface area contributed by atoms with E-state index in [-0.39, 0.29) is 11.7 Å². The summed E-state index contributed by atoms with van der Waals surface area (Å²) in [4.78, 5) is 18.2. The lowest BCUT2D eigenvalue weighted by Crippen LogP contribution is -2.48. The van der Waals surface area contributed by atoms with E-state index in [1.807, 2.05) is 61.2 Å². The quantitative estimate of drug-likeness (QED) is 0.619. The molecule has 1 aromatic heterocycles. The Morgan fingerprint density at radius 1 is 1.07 bits per heavy atom. The number of hydrogen-bond acceptors (Lipinski definition) is 6. The van der Waals surface area contributed by atoms with E-state index in [1.165, 1.54) is 0 Å². The van der Waals surface area contributed by atoms with Crippen LogP contribution in [0.5, 0.6) is 5.75 Å². The number of nitrogens with zero attached hydrogens (tertiary/aromatic N) is 3. The fraction of sp³-hybridized carbons (Fsp3) is 0.304. The number of carbonyl (C=O) groups excluding carboxylic acids is 1. The van der Waals surface area contributed by atoms with Crippen LogP contribution in [-0.2, 0) is 5.75 Å². The van der Waals surface area contributed by atoms with Gasteiger partial charge in [-0.25, -0.2) is 0 Å². The summed E-state index contributed by atoms with van der Waals surface area (Å²) in [7, 11) is 0. The van der Waals surface area contributed by atoms with Gasteiger partial charge in [-0.2, -0.15) is 0 Å². The van der Waals surface area contributed by atoms with Crippen molar-refractivity contribution >= 4 is 23.4 Å². The van der Waals surface area contributed by atoms with Crippen molar-refractivity contribution in [2.24, 2.45) is 0 Å². The molecule has 1 amide bonds. The highest BCUT2D eigenvalue weighted by Gasteiger charge is 2.25. The number of rotatable bonds is 5.